The second-order valence-corrected chi connectivity index (χ2v) is 5.92. The maximum Gasteiger partial charge on any atom is 0.332 e. The molecule has 8 heteroatoms. The molecule has 0 radical (unpaired) electrons. The molecule has 7 nitrogen and oxygen atoms in total. The molecule has 0 bridgehead atoms. The van der Waals surface area contributed by atoms with Crippen LogP contribution in [0.2, 0.25) is 5.15 Å². The van der Waals surface area contributed by atoms with Crippen LogP contribution in [0.25, 0.3) is 17.6 Å². The molecule has 0 fully saturated rings. The van der Waals surface area contributed by atoms with Gasteiger partial charge in [-0.3, -0.25) is 0 Å². The van der Waals surface area contributed by atoms with Crippen molar-refractivity contribution in [3.05, 3.63) is 29.7 Å². The fraction of sp³-hybridized carbons (Fsp3) is 0.375. The molecule has 0 saturated carbocycles. The first-order valence-electron chi connectivity index (χ1n) is 7.48. The summed E-state index contributed by atoms with van der Waals surface area (Å²) >= 11 is 6.01. The minimum absolute atomic E-state index is 0.0239. The van der Waals surface area contributed by atoms with E-state index in [-0.39, 0.29) is 17.4 Å². The zero-order valence-electron chi connectivity index (χ0n) is 13.9. The molecule has 0 saturated heterocycles. The molecule has 2 rings (SSSR count). The van der Waals surface area contributed by atoms with Crippen molar-refractivity contribution in [3.63, 3.8) is 0 Å². The van der Waals surface area contributed by atoms with E-state index in [9.17, 15) is 4.79 Å². The molecule has 0 N–H and O–H groups in total. The van der Waals surface area contributed by atoms with Gasteiger partial charge in [0.25, 0.3) is 0 Å². The van der Waals surface area contributed by atoms with Crippen LogP contribution in [-0.4, -0.2) is 37.9 Å². The van der Waals surface area contributed by atoms with Gasteiger partial charge in [0.05, 0.1) is 12.2 Å². The molecule has 0 aliphatic rings. The fourth-order valence-corrected chi connectivity index (χ4v) is 1.99. The third-order valence-electron chi connectivity index (χ3n) is 2.61. The van der Waals surface area contributed by atoms with Gasteiger partial charge in [-0.1, -0.05) is 11.6 Å². The Morgan fingerprint density at radius 2 is 2.00 bits per heavy atom. The summed E-state index contributed by atoms with van der Waals surface area (Å²) in [7, 11) is 0. The van der Waals surface area contributed by atoms with Gasteiger partial charge in [0.15, 0.2) is 5.82 Å². The quantitative estimate of drug-likeness (QED) is 0.452. The second-order valence-electron chi connectivity index (χ2n) is 5.53. The van der Waals surface area contributed by atoms with Crippen LogP contribution >= 0.6 is 11.6 Å². The number of carbonyl (C=O) groups excluding carboxylic acids is 1. The SMILES string of the molecule is CC(C)OC(=O)/C=C/n1cnc(-c2cc(Cl)nc(OC(C)C)c2)n1. The first-order valence-corrected chi connectivity index (χ1v) is 7.86. The lowest BCUT2D eigenvalue weighted by atomic mass is 10.2. The van der Waals surface area contributed by atoms with Crippen LogP contribution in [0.4, 0.5) is 0 Å². The van der Waals surface area contributed by atoms with E-state index < -0.39 is 5.97 Å². The highest BCUT2D eigenvalue weighted by molar-refractivity contribution is 6.29. The number of carbonyl (C=O) groups is 1. The minimum Gasteiger partial charge on any atom is -0.475 e. The van der Waals surface area contributed by atoms with Crippen molar-refractivity contribution in [3.8, 4) is 17.3 Å². The number of aromatic nitrogens is 4. The Labute approximate surface area is 145 Å². The smallest absolute Gasteiger partial charge is 0.332 e. The van der Waals surface area contributed by atoms with Gasteiger partial charge in [0.1, 0.15) is 11.5 Å². The first kappa shape index (κ1) is 17.9. The summed E-state index contributed by atoms with van der Waals surface area (Å²) in [6.45, 7) is 7.36. The van der Waals surface area contributed by atoms with E-state index in [1.54, 1.807) is 26.0 Å². The topological polar surface area (TPSA) is 79.1 Å². The van der Waals surface area contributed by atoms with Crippen molar-refractivity contribution in [2.45, 2.75) is 39.9 Å². The third-order valence-corrected chi connectivity index (χ3v) is 2.80. The number of hydrogen-bond donors (Lipinski definition) is 0. The van der Waals surface area contributed by atoms with Gasteiger partial charge >= 0.3 is 5.97 Å². The van der Waals surface area contributed by atoms with Crippen LogP contribution in [0, 0.1) is 0 Å². The lowest BCUT2D eigenvalue weighted by Gasteiger charge is -2.09. The molecule has 0 amide bonds. The summed E-state index contributed by atoms with van der Waals surface area (Å²) in [5.74, 6) is 0.399. The van der Waals surface area contributed by atoms with Crippen LogP contribution in [0.5, 0.6) is 5.88 Å². The zero-order chi connectivity index (χ0) is 17.7. The van der Waals surface area contributed by atoms with Gasteiger partial charge in [-0.2, -0.15) is 0 Å². The van der Waals surface area contributed by atoms with Gasteiger partial charge < -0.3 is 9.47 Å². The largest absolute Gasteiger partial charge is 0.475 e. The summed E-state index contributed by atoms with van der Waals surface area (Å²) in [5, 5.41) is 4.55. The Morgan fingerprint density at radius 1 is 1.25 bits per heavy atom. The van der Waals surface area contributed by atoms with Gasteiger partial charge in [-0.05, 0) is 33.8 Å². The monoisotopic (exact) mass is 350 g/mol. The molecule has 0 aliphatic carbocycles. The summed E-state index contributed by atoms with van der Waals surface area (Å²) in [6.07, 6.45) is 4.03. The van der Waals surface area contributed by atoms with E-state index in [4.69, 9.17) is 21.1 Å². The standard InChI is InChI=1S/C16H19ClN4O3/c1-10(2)23-14-8-12(7-13(17)19-14)16-18-9-21(20-16)6-5-15(22)24-11(3)4/h5-11H,1-4H3/b6-5+. The van der Waals surface area contributed by atoms with E-state index in [1.165, 1.54) is 23.3 Å². The third kappa shape index (κ3) is 5.34. The molecule has 24 heavy (non-hydrogen) atoms. The summed E-state index contributed by atoms with van der Waals surface area (Å²) in [6, 6.07) is 3.35. The summed E-state index contributed by atoms with van der Waals surface area (Å²) in [4.78, 5) is 19.8. The van der Waals surface area contributed by atoms with E-state index in [2.05, 4.69) is 15.1 Å². The molecule has 2 aromatic rings. The van der Waals surface area contributed by atoms with Gasteiger partial charge in [0.2, 0.25) is 5.88 Å². The Balaban J connectivity index is 2.17. The highest BCUT2D eigenvalue weighted by Gasteiger charge is 2.10. The number of pyridine rings is 1. The van der Waals surface area contributed by atoms with E-state index in [0.29, 0.717) is 17.3 Å². The average Bonchev–Trinajstić information content (AvgIpc) is 2.92. The molecule has 0 spiro atoms. The maximum atomic E-state index is 11.5. The van der Waals surface area contributed by atoms with Gasteiger partial charge in [-0.25, -0.2) is 19.4 Å². The Hall–Kier alpha value is -2.41. The van der Waals surface area contributed by atoms with Crippen LogP contribution in [-0.2, 0) is 9.53 Å². The van der Waals surface area contributed by atoms with Gasteiger partial charge in [-0.15, -0.1) is 5.10 Å². The number of esters is 1. The van der Waals surface area contributed by atoms with Crippen LogP contribution in [0.1, 0.15) is 27.7 Å². The van der Waals surface area contributed by atoms with Crippen LogP contribution < -0.4 is 4.74 Å². The number of ether oxygens (including phenoxy) is 2. The lowest BCUT2D eigenvalue weighted by molar-refractivity contribution is -0.141. The first-order chi connectivity index (χ1) is 11.3. The fourth-order valence-electron chi connectivity index (χ4n) is 1.79. The van der Waals surface area contributed by atoms with Crippen molar-refractivity contribution in [2.75, 3.05) is 0 Å². The zero-order valence-corrected chi connectivity index (χ0v) is 14.7. The second kappa shape index (κ2) is 7.92. The molecule has 0 atom stereocenters. The molecular formula is C16H19ClN4O3. The molecule has 0 aliphatic heterocycles. The molecule has 0 unspecified atom stereocenters. The molecule has 128 valence electrons. The maximum absolute atomic E-state index is 11.5. The van der Waals surface area contributed by atoms with Crippen molar-refractivity contribution in [1.29, 1.82) is 0 Å². The van der Waals surface area contributed by atoms with E-state index in [1.807, 2.05) is 13.8 Å². The van der Waals surface area contributed by atoms with Crippen molar-refractivity contribution in [2.24, 2.45) is 0 Å². The van der Waals surface area contributed by atoms with E-state index >= 15 is 0 Å². The summed E-state index contributed by atoms with van der Waals surface area (Å²) in [5.41, 5.74) is 0.669. The molecule has 2 aromatic heterocycles. The average molecular weight is 351 g/mol. The normalized spacial score (nSPS) is 11.5. The summed E-state index contributed by atoms with van der Waals surface area (Å²) < 4.78 is 12.0. The van der Waals surface area contributed by atoms with Crippen LogP contribution in [0.15, 0.2) is 24.5 Å². The van der Waals surface area contributed by atoms with Crippen LogP contribution in [0.3, 0.4) is 0 Å². The highest BCUT2D eigenvalue weighted by Crippen LogP contribution is 2.23. The van der Waals surface area contributed by atoms with Crippen molar-refractivity contribution < 1.29 is 14.3 Å². The molecule has 2 heterocycles. The predicted octanol–water partition coefficient (Wildman–Crippen LogP) is 3.20. The Kier molecular flexibility index (Phi) is 5.92. The Bertz CT molecular complexity index is 741. The molecule has 0 aromatic carbocycles. The van der Waals surface area contributed by atoms with Gasteiger partial charge in [0, 0.05) is 23.9 Å². The highest BCUT2D eigenvalue weighted by atomic mass is 35.5. The predicted molar refractivity (Wildman–Crippen MR) is 90.6 cm³/mol. The van der Waals surface area contributed by atoms with Crippen molar-refractivity contribution in [1.82, 2.24) is 19.7 Å². The minimum atomic E-state index is -0.443. The number of halogens is 1. The number of hydrogen-bond acceptors (Lipinski definition) is 6. The Morgan fingerprint density at radius 3 is 2.67 bits per heavy atom. The molecular weight excluding hydrogens is 332 g/mol. The number of rotatable bonds is 6. The van der Waals surface area contributed by atoms with E-state index in [0.717, 1.165) is 0 Å². The van der Waals surface area contributed by atoms with Crippen molar-refractivity contribution >= 4 is 23.8 Å². The number of nitrogens with zero attached hydrogens (tertiary/aromatic N) is 4. The lowest BCUT2D eigenvalue weighted by Crippen LogP contribution is -2.08.